The van der Waals surface area contributed by atoms with Gasteiger partial charge in [0, 0.05) is 24.6 Å². The summed E-state index contributed by atoms with van der Waals surface area (Å²) in [4.78, 5) is 14.9. The van der Waals surface area contributed by atoms with Gasteiger partial charge in [-0.1, -0.05) is 61.0 Å². The van der Waals surface area contributed by atoms with Crippen LogP contribution in [0.5, 0.6) is 5.75 Å². The van der Waals surface area contributed by atoms with E-state index < -0.39 is 0 Å². The summed E-state index contributed by atoms with van der Waals surface area (Å²) in [5.41, 5.74) is 3.27. The molecule has 3 nitrogen and oxygen atoms in total. The van der Waals surface area contributed by atoms with Crippen LogP contribution in [0.15, 0.2) is 66.7 Å². The van der Waals surface area contributed by atoms with Crippen LogP contribution in [0.3, 0.4) is 0 Å². The molecule has 0 radical (unpaired) electrons. The van der Waals surface area contributed by atoms with E-state index in [1.165, 1.54) is 24.0 Å². The molecular weight excluding hydrogens is 334 g/mol. The fourth-order valence-electron chi connectivity index (χ4n) is 3.82. The molecule has 1 aliphatic rings. The minimum atomic E-state index is 0.203. The van der Waals surface area contributed by atoms with Crippen LogP contribution in [0, 0.1) is 0 Å². The van der Waals surface area contributed by atoms with Crippen molar-refractivity contribution in [3.63, 3.8) is 0 Å². The molecule has 2 aromatic carbocycles. The summed E-state index contributed by atoms with van der Waals surface area (Å²) in [6, 6.07) is 18.2. The quantitative estimate of drug-likeness (QED) is 0.473. The smallest absolute Gasteiger partial charge is 0.163 e. The van der Waals surface area contributed by atoms with Gasteiger partial charge in [0.1, 0.15) is 5.75 Å². The van der Waals surface area contributed by atoms with E-state index in [9.17, 15) is 4.79 Å². The number of benzene rings is 2. The Kier molecular flexibility index (Phi) is 6.83. The van der Waals surface area contributed by atoms with Crippen molar-refractivity contribution < 1.29 is 9.53 Å². The SMILES string of the molecule is C=C(CCC(=O)c1ccccc1)C1CCCCN1Cc1ccc(OC)cc1. The monoisotopic (exact) mass is 363 g/mol. The van der Waals surface area contributed by atoms with Gasteiger partial charge in [0.15, 0.2) is 5.78 Å². The van der Waals surface area contributed by atoms with E-state index in [-0.39, 0.29) is 5.78 Å². The third-order valence-corrected chi connectivity index (χ3v) is 5.40. The standard InChI is InChI=1S/C24H29NO2/c1-19(11-16-24(26)21-8-4-3-5-9-21)23-10-6-7-17-25(23)18-20-12-14-22(27-2)15-13-20/h3-5,8-9,12-15,23H,1,6-7,10-11,16-18H2,2H3. The second-order valence-electron chi connectivity index (χ2n) is 7.28. The van der Waals surface area contributed by atoms with Crippen LogP contribution in [-0.2, 0) is 6.54 Å². The number of carbonyl (C=O) groups excluding carboxylic acids is 1. The predicted octanol–water partition coefficient (Wildman–Crippen LogP) is 5.27. The molecule has 0 N–H and O–H groups in total. The lowest BCUT2D eigenvalue weighted by atomic mass is 9.91. The Bertz CT molecular complexity index is 752. The van der Waals surface area contributed by atoms with Crippen molar-refractivity contribution in [1.82, 2.24) is 4.90 Å². The van der Waals surface area contributed by atoms with Crippen LogP contribution < -0.4 is 4.74 Å². The molecule has 1 fully saturated rings. The van der Waals surface area contributed by atoms with Crippen LogP contribution in [0.25, 0.3) is 0 Å². The van der Waals surface area contributed by atoms with Crippen LogP contribution in [0.4, 0.5) is 0 Å². The van der Waals surface area contributed by atoms with E-state index in [1.807, 2.05) is 42.5 Å². The number of ketones is 1. The zero-order valence-corrected chi connectivity index (χ0v) is 16.2. The molecule has 1 heterocycles. The summed E-state index contributed by atoms with van der Waals surface area (Å²) in [7, 11) is 1.69. The number of rotatable bonds is 8. The Hall–Kier alpha value is -2.39. The molecule has 0 saturated carbocycles. The first kappa shape index (κ1) is 19.4. The zero-order chi connectivity index (χ0) is 19.1. The molecule has 0 spiro atoms. The van der Waals surface area contributed by atoms with Gasteiger partial charge in [0.05, 0.1) is 7.11 Å². The summed E-state index contributed by atoms with van der Waals surface area (Å²) in [5, 5.41) is 0. The van der Waals surface area contributed by atoms with Gasteiger partial charge in [-0.05, 0) is 43.5 Å². The van der Waals surface area contributed by atoms with Gasteiger partial charge in [-0.15, -0.1) is 0 Å². The molecule has 27 heavy (non-hydrogen) atoms. The Morgan fingerprint density at radius 2 is 1.81 bits per heavy atom. The maximum Gasteiger partial charge on any atom is 0.163 e. The molecule has 3 rings (SSSR count). The molecule has 0 aliphatic carbocycles. The van der Waals surface area contributed by atoms with Gasteiger partial charge in [0.25, 0.3) is 0 Å². The number of Topliss-reactive ketones (excluding diaryl/α,β-unsaturated/α-hetero) is 1. The first-order valence-electron chi connectivity index (χ1n) is 9.80. The number of methoxy groups -OCH3 is 1. The molecule has 2 aromatic rings. The van der Waals surface area contributed by atoms with E-state index in [0.717, 1.165) is 37.2 Å². The van der Waals surface area contributed by atoms with Crippen molar-refractivity contribution in [3.8, 4) is 5.75 Å². The summed E-state index contributed by atoms with van der Waals surface area (Å²) < 4.78 is 5.25. The second kappa shape index (κ2) is 9.52. The Labute approximate surface area is 162 Å². The number of piperidine rings is 1. The van der Waals surface area contributed by atoms with Crippen molar-refractivity contribution in [2.75, 3.05) is 13.7 Å². The first-order valence-corrected chi connectivity index (χ1v) is 9.80. The van der Waals surface area contributed by atoms with E-state index in [0.29, 0.717) is 12.5 Å². The maximum atomic E-state index is 12.4. The molecule has 142 valence electrons. The first-order chi connectivity index (χ1) is 13.2. The van der Waals surface area contributed by atoms with Gasteiger partial charge in [-0.25, -0.2) is 0 Å². The van der Waals surface area contributed by atoms with Crippen LogP contribution in [-0.4, -0.2) is 30.4 Å². The average molecular weight is 364 g/mol. The number of hydrogen-bond donors (Lipinski definition) is 0. The van der Waals surface area contributed by atoms with E-state index in [1.54, 1.807) is 7.11 Å². The second-order valence-corrected chi connectivity index (χ2v) is 7.28. The summed E-state index contributed by atoms with van der Waals surface area (Å²) >= 11 is 0. The predicted molar refractivity (Wildman–Crippen MR) is 110 cm³/mol. The molecule has 1 atom stereocenters. The summed E-state index contributed by atoms with van der Waals surface area (Å²) in [6.45, 7) is 6.35. The van der Waals surface area contributed by atoms with E-state index in [2.05, 4.69) is 23.6 Å². The average Bonchev–Trinajstić information content (AvgIpc) is 2.73. The Balaban J connectivity index is 1.58. The lowest BCUT2D eigenvalue weighted by molar-refractivity contribution is 0.0978. The highest BCUT2D eigenvalue weighted by atomic mass is 16.5. The fourth-order valence-corrected chi connectivity index (χ4v) is 3.82. The molecule has 0 aromatic heterocycles. The number of nitrogens with zero attached hydrogens (tertiary/aromatic N) is 1. The highest BCUT2D eigenvalue weighted by Crippen LogP contribution is 2.27. The van der Waals surface area contributed by atoms with Crippen molar-refractivity contribution in [1.29, 1.82) is 0 Å². The van der Waals surface area contributed by atoms with Gasteiger partial charge >= 0.3 is 0 Å². The third-order valence-electron chi connectivity index (χ3n) is 5.40. The minimum Gasteiger partial charge on any atom is -0.497 e. The van der Waals surface area contributed by atoms with Crippen LogP contribution in [0.2, 0.25) is 0 Å². The highest BCUT2D eigenvalue weighted by molar-refractivity contribution is 5.96. The lowest BCUT2D eigenvalue weighted by Crippen LogP contribution is -2.40. The maximum absolute atomic E-state index is 12.4. The lowest BCUT2D eigenvalue weighted by Gasteiger charge is -2.37. The Morgan fingerprint density at radius 3 is 2.52 bits per heavy atom. The Morgan fingerprint density at radius 1 is 1.07 bits per heavy atom. The van der Waals surface area contributed by atoms with E-state index >= 15 is 0 Å². The molecule has 3 heteroatoms. The van der Waals surface area contributed by atoms with Crippen molar-refractivity contribution in [2.24, 2.45) is 0 Å². The summed E-state index contributed by atoms with van der Waals surface area (Å²) in [5.74, 6) is 1.09. The number of hydrogen-bond acceptors (Lipinski definition) is 3. The van der Waals surface area contributed by atoms with Gasteiger partial charge < -0.3 is 4.74 Å². The zero-order valence-electron chi connectivity index (χ0n) is 16.2. The van der Waals surface area contributed by atoms with Crippen molar-refractivity contribution >= 4 is 5.78 Å². The molecule has 1 aliphatic heterocycles. The van der Waals surface area contributed by atoms with E-state index in [4.69, 9.17) is 4.74 Å². The third kappa shape index (κ3) is 5.30. The number of carbonyl (C=O) groups is 1. The van der Waals surface area contributed by atoms with Crippen molar-refractivity contribution in [2.45, 2.75) is 44.7 Å². The number of likely N-dealkylation sites (tertiary alicyclic amines) is 1. The van der Waals surface area contributed by atoms with Crippen molar-refractivity contribution in [3.05, 3.63) is 77.9 Å². The largest absolute Gasteiger partial charge is 0.497 e. The van der Waals surface area contributed by atoms with Gasteiger partial charge in [-0.2, -0.15) is 0 Å². The topological polar surface area (TPSA) is 29.5 Å². The molecule has 0 bridgehead atoms. The van der Waals surface area contributed by atoms with Crippen LogP contribution >= 0.6 is 0 Å². The van der Waals surface area contributed by atoms with Gasteiger partial charge in [0.2, 0.25) is 0 Å². The molecular formula is C24H29NO2. The molecule has 1 unspecified atom stereocenters. The molecule has 1 saturated heterocycles. The summed E-state index contributed by atoms with van der Waals surface area (Å²) in [6.07, 6.45) is 4.89. The minimum absolute atomic E-state index is 0.203. The normalized spacial score (nSPS) is 17.4. The highest BCUT2D eigenvalue weighted by Gasteiger charge is 2.25. The fraction of sp³-hybridized carbons (Fsp3) is 0.375. The van der Waals surface area contributed by atoms with Gasteiger partial charge in [-0.3, -0.25) is 9.69 Å². The van der Waals surface area contributed by atoms with Crippen LogP contribution in [0.1, 0.15) is 48.0 Å². The molecule has 0 amide bonds. The number of ether oxygens (including phenoxy) is 1.